The van der Waals surface area contributed by atoms with Gasteiger partial charge in [-0.3, -0.25) is 4.79 Å². The molecule has 3 heteroatoms. The lowest BCUT2D eigenvalue weighted by molar-refractivity contribution is -0.135. The summed E-state index contributed by atoms with van der Waals surface area (Å²) in [4.78, 5) is 14.5. The number of likely N-dealkylation sites (N-methyl/N-ethyl adjacent to an activating group) is 1. The third kappa shape index (κ3) is 4.79. The third-order valence-corrected chi connectivity index (χ3v) is 4.74. The van der Waals surface area contributed by atoms with Crippen LogP contribution in [0.4, 0.5) is 0 Å². The van der Waals surface area contributed by atoms with E-state index in [9.17, 15) is 4.79 Å². The van der Waals surface area contributed by atoms with E-state index in [0.29, 0.717) is 17.9 Å². The van der Waals surface area contributed by atoms with E-state index in [4.69, 9.17) is 0 Å². The fraction of sp³-hybridized carbons (Fsp3) is 0.938. The fourth-order valence-corrected chi connectivity index (χ4v) is 3.52. The maximum atomic E-state index is 12.5. The molecule has 0 spiro atoms. The number of nitrogens with zero attached hydrogens (tertiary/aromatic N) is 1. The Morgan fingerprint density at radius 1 is 1.00 bits per heavy atom. The van der Waals surface area contributed by atoms with Crippen molar-refractivity contribution in [2.75, 3.05) is 20.1 Å². The van der Waals surface area contributed by atoms with Crippen molar-refractivity contribution in [1.29, 1.82) is 0 Å². The van der Waals surface area contributed by atoms with Crippen LogP contribution in [0.1, 0.15) is 64.2 Å². The van der Waals surface area contributed by atoms with Gasteiger partial charge < -0.3 is 10.2 Å². The zero-order valence-corrected chi connectivity index (χ0v) is 12.5. The minimum absolute atomic E-state index is 0.300. The molecular weight excluding hydrogens is 236 g/mol. The molecule has 0 bridgehead atoms. The van der Waals surface area contributed by atoms with Crippen molar-refractivity contribution >= 4 is 5.91 Å². The third-order valence-electron chi connectivity index (χ3n) is 4.74. The molecule has 1 aliphatic heterocycles. The summed E-state index contributed by atoms with van der Waals surface area (Å²) in [5.41, 5.74) is 0. The SMILES string of the molecule is CN(CC1CCCCN1)C(=O)C1CCCCCCC1. The highest BCUT2D eigenvalue weighted by molar-refractivity contribution is 5.78. The van der Waals surface area contributed by atoms with Crippen molar-refractivity contribution in [2.24, 2.45) is 5.92 Å². The fourth-order valence-electron chi connectivity index (χ4n) is 3.52. The zero-order valence-electron chi connectivity index (χ0n) is 12.5. The highest BCUT2D eigenvalue weighted by Gasteiger charge is 2.24. The van der Waals surface area contributed by atoms with E-state index in [2.05, 4.69) is 5.32 Å². The lowest BCUT2D eigenvalue weighted by Gasteiger charge is -2.31. The summed E-state index contributed by atoms with van der Waals surface area (Å²) >= 11 is 0. The van der Waals surface area contributed by atoms with Crippen molar-refractivity contribution in [3.8, 4) is 0 Å². The van der Waals surface area contributed by atoms with Crippen LogP contribution in [0, 0.1) is 5.92 Å². The Morgan fingerprint density at radius 3 is 2.26 bits per heavy atom. The van der Waals surface area contributed by atoms with Gasteiger partial charge in [0.25, 0.3) is 0 Å². The van der Waals surface area contributed by atoms with Crippen LogP contribution in [-0.4, -0.2) is 37.0 Å². The number of carbonyl (C=O) groups is 1. The summed E-state index contributed by atoms with van der Waals surface area (Å²) < 4.78 is 0. The minimum atomic E-state index is 0.300. The number of amides is 1. The first-order chi connectivity index (χ1) is 9.27. The molecule has 0 radical (unpaired) electrons. The van der Waals surface area contributed by atoms with Crippen LogP contribution in [0.15, 0.2) is 0 Å². The monoisotopic (exact) mass is 266 g/mol. The van der Waals surface area contributed by atoms with Gasteiger partial charge in [-0.2, -0.15) is 0 Å². The van der Waals surface area contributed by atoms with Crippen molar-refractivity contribution in [2.45, 2.75) is 70.3 Å². The molecule has 0 aromatic heterocycles. The van der Waals surface area contributed by atoms with E-state index >= 15 is 0 Å². The first-order valence-corrected chi connectivity index (χ1v) is 8.26. The van der Waals surface area contributed by atoms with Crippen molar-refractivity contribution in [3.05, 3.63) is 0 Å². The van der Waals surface area contributed by atoms with Crippen LogP contribution < -0.4 is 5.32 Å². The van der Waals surface area contributed by atoms with E-state index in [-0.39, 0.29) is 0 Å². The molecule has 1 unspecified atom stereocenters. The van der Waals surface area contributed by atoms with Gasteiger partial charge in [0.15, 0.2) is 0 Å². The van der Waals surface area contributed by atoms with E-state index in [1.165, 1.54) is 51.4 Å². The molecule has 110 valence electrons. The quantitative estimate of drug-likeness (QED) is 0.852. The highest BCUT2D eigenvalue weighted by Crippen LogP contribution is 2.24. The average Bonchev–Trinajstić information content (AvgIpc) is 2.39. The largest absolute Gasteiger partial charge is 0.344 e. The molecule has 2 fully saturated rings. The van der Waals surface area contributed by atoms with Gasteiger partial charge in [-0.1, -0.05) is 38.5 Å². The van der Waals surface area contributed by atoms with Gasteiger partial charge in [0, 0.05) is 25.6 Å². The molecule has 1 heterocycles. The summed E-state index contributed by atoms with van der Waals surface area (Å²) in [6.07, 6.45) is 12.5. The highest BCUT2D eigenvalue weighted by atomic mass is 16.2. The normalized spacial score (nSPS) is 26.5. The van der Waals surface area contributed by atoms with Gasteiger partial charge >= 0.3 is 0 Å². The van der Waals surface area contributed by atoms with Crippen LogP contribution in [-0.2, 0) is 4.79 Å². The molecule has 1 N–H and O–H groups in total. The number of hydrogen-bond donors (Lipinski definition) is 1. The Balaban J connectivity index is 1.79. The van der Waals surface area contributed by atoms with Crippen LogP contribution >= 0.6 is 0 Å². The second-order valence-electron chi connectivity index (χ2n) is 6.41. The predicted molar refractivity (Wildman–Crippen MR) is 79.1 cm³/mol. The summed E-state index contributed by atoms with van der Waals surface area (Å²) in [6, 6.07) is 0.524. The Morgan fingerprint density at radius 2 is 1.63 bits per heavy atom. The molecule has 1 aliphatic carbocycles. The van der Waals surface area contributed by atoms with Crippen molar-refractivity contribution < 1.29 is 4.79 Å². The molecule has 1 amide bonds. The molecule has 3 nitrogen and oxygen atoms in total. The molecule has 2 aliphatic rings. The predicted octanol–water partition coefficient (Wildman–Crippen LogP) is 2.95. The summed E-state index contributed by atoms with van der Waals surface area (Å²) in [5.74, 6) is 0.697. The Bertz CT molecular complexity index is 266. The molecule has 19 heavy (non-hydrogen) atoms. The van der Waals surface area contributed by atoms with E-state index in [0.717, 1.165) is 25.9 Å². The summed E-state index contributed by atoms with van der Waals surface area (Å²) in [7, 11) is 2.00. The maximum Gasteiger partial charge on any atom is 0.225 e. The number of carbonyl (C=O) groups excluding carboxylic acids is 1. The molecule has 1 saturated heterocycles. The van der Waals surface area contributed by atoms with Gasteiger partial charge in [-0.05, 0) is 32.2 Å². The first kappa shape index (κ1) is 14.8. The van der Waals surface area contributed by atoms with Crippen LogP contribution in [0.2, 0.25) is 0 Å². The smallest absolute Gasteiger partial charge is 0.225 e. The van der Waals surface area contributed by atoms with Gasteiger partial charge in [-0.25, -0.2) is 0 Å². The standard InChI is InChI=1S/C16H30N2O/c1-18(13-15-11-7-8-12-17-15)16(19)14-9-5-3-2-4-6-10-14/h14-15,17H,2-13H2,1H3. The Kier molecular flexibility index (Phi) is 6.15. The summed E-state index contributed by atoms with van der Waals surface area (Å²) in [5, 5.41) is 3.54. The maximum absolute atomic E-state index is 12.5. The van der Waals surface area contributed by atoms with Gasteiger partial charge in [-0.15, -0.1) is 0 Å². The van der Waals surface area contributed by atoms with Crippen LogP contribution in [0.3, 0.4) is 0 Å². The molecule has 1 atom stereocenters. The van der Waals surface area contributed by atoms with E-state index < -0.39 is 0 Å². The Hall–Kier alpha value is -0.570. The number of piperidine rings is 1. The molecular formula is C16H30N2O. The van der Waals surface area contributed by atoms with E-state index in [1.807, 2.05) is 11.9 Å². The lowest BCUT2D eigenvalue weighted by Crippen LogP contribution is -2.45. The van der Waals surface area contributed by atoms with E-state index in [1.54, 1.807) is 0 Å². The second kappa shape index (κ2) is 7.88. The van der Waals surface area contributed by atoms with Gasteiger partial charge in [0.1, 0.15) is 0 Å². The average molecular weight is 266 g/mol. The second-order valence-corrected chi connectivity index (χ2v) is 6.41. The lowest BCUT2D eigenvalue weighted by atomic mass is 9.90. The molecule has 1 saturated carbocycles. The molecule has 0 aromatic carbocycles. The number of hydrogen-bond acceptors (Lipinski definition) is 2. The van der Waals surface area contributed by atoms with Gasteiger partial charge in [0.2, 0.25) is 5.91 Å². The van der Waals surface area contributed by atoms with Crippen molar-refractivity contribution in [3.63, 3.8) is 0 Å². The van der Waals surface area contributed by atoms with Crippen molar-refractivity contribution in [1.82, 2.24) is 10.2 Å². The van der Waals surface area contributed by atoms with Gasteiger partial charge in [0.05, 0.1) is 0 Å². The first-order valence-electron chi connectivity index (χ1n) is 8.26. The number of rotatable bonds is 3. The molecule has 0 aromatic rings. The Labute approximate surface area is 118 Å². The summed E-state index contributed by atoms with van der Waals surface area (Å²) in [6.45, 7) is 2.02. The minimum Gasteiger partial charge on any atom is -0.344 e. The molecule has 2 rings (SSSR count). The van der Waals surface area contributed by atoms with Crippen LogP contribution in [0.25, 0.3) is 0 Å². The topological polar surface area (TPSA) is 32.3 Å². The zero-order chi connectivity index (χ0) is 13.5. The number of nitrogens with one attached hydrogen (secondary N) is 1. The van der Waals surface area contributed by atoms with Crippen LogP contribution in [0.5, 0.6) is 0 Å².